The number of carbonyl (C=O) groups excluding carboxylic acids is 1. The van der Waals surface area contributed by atoms with E-state index in [4.69, 9.17) is 12.2 Å². The third-order valence-electron chi connectivity index (χ3n) is 3.63. The number of piperidine rings is 1. The molecule has 8 heteroatoms. The van der Waals surface area contributed by atoms with Crippen LogP contribution in [-0.4, -0.2) is 44.2 Å². The molecule has 0 radical (unpaired) electrons. The largest absolute Gasteiger partial charge is 0.358 e. The third kappa shape index (κ3) is 4.75. The highest BCUT2D eigenvalue weighted by Crippen LogP contribution is 2.26. The van der Waals surface area contributed by atoms with Crippen LogP contribution in [0, 0.1) is 0 Å². The normalized spacial score (nSPS) is 14.4. The fourth-order valence-electron chi connectivity index (χ4n) is 2.42. The molecule has 1 aromatic carbocycles. The summed E-state index contributed by atoms with van der Waals surface area (Å²) >= 11 is 8.19. The van der Waals surface area contributed by atoms with E-state index in [1.54, 1.807) is 0 Å². The predicted octanol–water partition coefficient (Wildman–Crippen LogP) is 3.65. The lowest BCUT2D eigenvalue weighted by atomic mass is 10.1. The monoisotopic (exact) mass is 378 g/mol. The predicted molar refractivity (Wildman–Crippen MR) is 104 cm³/mol. The Labute approximate surface area is 154 Å². The van der Waals surface area contributed by atoms with Crippen molar-refractivity contribution in [1.82, 2.24) is 15.1 Å². The molecule has 1 aromatic heterocycles. The van der Waals surface area contributed by atoms with Gasteiger partial charge in [-0.05, 0) is 19.3 Å². The van der Waals surface area contributed by atoms with Crippen LogP contribution in [0.3, 0.4) is 0 Å². The van der Waals surface area contributed by atoms with Crippen molar-refractivity contribution in [2.75, 3.05) is 24.2 Å². The van der Waals surface area contributed by atoms with Crippen molar-refractivity contribution in [3.8, 4) is 10.6 Å². The number of likely N-dealkylation sites (tertiary alicyclic amines) is 1. The van der Waals surface area contributed by atoms with Crippen LogP contribution in [-0.2, 0) is 4.79 Å². The lowest BCUT2D eigenvalue weighted by Crippen LogP contribution is -2.33. The lowest BCUT2D eigenvalue weighted by molar-refractivity contribution is -0.113. The number of hydrogen-bond acceptors (Lipinski definition) is 6. The molecule has 0 atom stereocenters. The molecule has 1 N–H and O–H groups in total. The average molecular weight is 379 g/mol. The first-order valence-electron chi connectivity index (χ1n) is 7.83. The maximum Gasteiger partial charge on any atom is 0.236 e. The topological polar surface area (TPSA) is 58.1 Å². The molecule has 0 spiro atoms. The Kier molecular flexibility index (Phi) is 6.17. The van der Waals surface area contributed by atoms with E-state index >= 15 is 0 Å². The van der Waals surface area contributed by atoms with Gasteiger partial charge >= 0.3 is 0 Å². The van der Waals surface area contributed by atoms with Crippen LogP contribution >= 0.6 is 35.3 Å². The molecule has 0 saturated carbocycles. The van der Waals surface area contributed by atoms with E-state index in [0.717, 1.165) is 28.0 Å². The third-order valence-corrected chi connectivity index (χ3v) is 6.04. The van der Waals surface area contributed by atoms with Gasteiger partial charge in [-0.1, -0.05) is 65.6 Å². The number of anilines is 1. The smallest absolute Gasteiger partial charge is 0.236 e. The van der Waals surface area contributed by atoms with Gasteiger partial charge in [-0.2, -0.15) is 0 Å². The summed E-state index contributed by atoms with van der Waals surface area (Å²) in [6.07, 6.45) is 3.63. The number of thiocarbonyl (C=S) groups is 1. The molecule has 1 saturated heterocycles. The second-order valence-corrected chi connectivity index (χ2v) is 8.02. The Morgan fingerprint density at radius 1 is 1.21 bits per heavy atom. The van der Waals surface area contributed by atoms with Crippen LogP contribution in [0.4, 0.5) is 5.13 Å². The quantitative estimate of drug-likeness (QED) is 0.820. The molecular formula is C16H18N4OS3. The number of amides is 1. The molecule has 0 aliphatic carbocycles. The lowest BCUT2D eigenvalue weighted by Gasteiger charge is -2.28. The summed E-state index contributed by atoms with van der Waals surface area (Å²) in [5.41, 5.74) is 0.996. The highest BCUT2D eigenvalue weighted by molar-refractivity contribution is 8.23. The summed E-state index contributed by atoms with van der Waals surface area (Å²) in [6, 6.07) is 9.80. The van der Waals surface area contributed by atoms with Gasteiger partial charge in [-0.3, -0.25) is 10.1 Å². The summed E-state index contributed by atoms with van der Waals surface area (Å²) in [6.45, 7) is 2.01. The number of nitrogens with one attached hydrogen (secondary N) is 1. The molecule has 1 aliphatic heterocycles. The Bertz CT molecular complexity index is 698. The standard InChI is InChI=1S/C16H18N4OS3/c21-13(11-23-16(22)20-9-5-2-6-10-20)17-15-19-18-14(24-15)12-7-3-1-4-8-12/h1,3-4,7-8H,2,5-6,9-11H2,(H,17,19,21). The van der Waals surface area contributed by atoms with Crippen LogP contribution in [0.1, 0.15) is 19.3 Å². The molecule has 5 nitrogen and oxygen atoms in total. The number of rotatable bonds is 4. The maximum atomic E-state index is 12.1. The van der Waals surface area contributed by atoms with Crippen molar-refractivity contribution in [2.24, 2.45) is 0 Å². The number of hydrogen-bond donors (Lipinski definition) is 1. The second-order valence-electron chi connectivity index (χ2n) is 5.43. The van der Waals surface area contributed by atoms with Gasteiger partial charge in [0.1, 0.15) is 9.33 Å². The Hall–Kier alpha value is -1.51. The molecule has 0 unspecified atom stereocenters. The van der Waals surface area contributed by atoms with Gasteiger partial charge in [0, 0.05) is 18.7 Å². The van der Waals surface area contributed by atoms with Gasteiger partial charge in [0.05, 0.1) is 5.75 Å². The van der Waals surface area contributed by atoms with E-state index in [-0.39, 0.29) is 5.91 Å². The zero-order valence-electron chi connectivity index (χ0n) is 13.1. The highest BCUT2D eigenvalue weighted by atomic mass is 32.2. The van der Waals surface area contributed by atoms with E-state index in [1.807, 2.05) is 30.3 Å². The van der Waals surface area contributed by atoms with Crippen molar-refractivity contribution in [2.45, 2.75) is 19.3 Å². The minimum Gasteiger partial charge on any atom is -0.358 e. The summed E-state index contributed by atoms with van der Waals surface area (Å²) in [7, 11) is 0. The fourth-order valence-corrected chi connectivity index (χ4v) is 4.24. The zero-order valence-corrected chi connectivity index (χ0v) is 15.6. The highest BCUT2D eigenvalue weighted by Gasteiger charge is 2.16. The molecule has 0 bridgehead atoms. The summed E-state index contributed by atoms with van der Waals surface area (Å²) < 4.78 is 0.812. The first-order valence-corrected chi connectivity index (χ1v) is 10.0. The molecule has 1 amide bonds. The summed E-state index contributed by atoms with van der Waals surface area (Å²) in [5.74, 6) is 0.199. The molecule has 1 fully saturated rings. The Morgan fingerprint density at radius 3 is 2.71 bits per heavy atom. The van der Waals surface area contributed by atoms with Crippen LogP contribution in [0.2, 0.25) is 0 Å². The number of carbonyl (C=O) groups is 1. The van der Waals surface area contributed by atoms with Crippen molar-refractivity contribution in [1.29, 1.82) is 0 Å². The first-order chi connectivity index (χ1) is 11.7. The van der Waals surface area contributed by atoms with Crippen molar-refractivity contribution >= 4 is 50.7 Å². The number of thioether (sulfide) groups is 1. The van der Waals surface area contributed by atoms with E-state index in [0.29, 0.717) is 10.9 Å². The SMILES string of the molecule is O=C(CSC(=S)N1CCCCC1)Nc1nnc(-c2ccccc2)s1. The molecule has 126 valence electrons. The van der Waals surface area contributed by atoms with Gasteiger partial charge in [-0.15, -0.1) is 10.2 Å². The summed E-state index contributed by atoms with van der Waals surface area (Å²) in [5, 5.41) is 12.3. The van der Waals surface area contributed by atoms with Crippen molar-refractivity contribution < 1.29 is 4.79 Å². The Balaban J connectivity index is 1.48. The average Bonchev–Trinajstić information content (AvgIpc) is 3.09. The number of benzene rings is 1. The van der Waals surface area contributed by atoms with Crippen LogP contribution < -0.4 is 5.32 Å². The van der Waals surface area contributed by atoms with Gasteiger partial charge in [0.2, 0.25) is 11.0 Å². The molecule has 3 rings (SSSR count). The van der Waals surface area contributed by atoms with E-state index in [2.05, 4.69) is 20.4 Å². The second kappa shape index (κ2) is 8.55. The molecular weight excluding hydrogens is 360 g/mol. The van der Waals surface area contributed by atoms with Crippen LogP contribution in [0.5, 0.6) is 0 Å². The van der Waals surface area contributed by atoms with E-state index < -0.39 is 0 Å². The van der Waals surface area contributed by atoms with E-state index in [1.165, 1.54) is 42.4 Å². The van der Waals surface area contributed by atoms with Gasteiger partial charge in [-0.25, -0.2) is 0 Å². The van der Waals surface area contributed by atoms with Gasteiger partial charge in [0.15, 0.2) is 0 Å². The van der Waals surface area contributed by atoms with Crippen LogP contribution in [0.25, 0.3) is 10.6 Å². The van der Waals surface area contributed by atoms with Crippen molar-refractivity contribution in [3.05, 3.63) is 30.3 Å². The molecule has 2 heterocycles. The molecule has 24 heavy (non-hydrogen) atoms. The summed E-state index contributed by atoms with van der Waals surface area (Å²) in [4.78, 5) is 14.3. The van der Waals surface area contributed by atoms with Crippen molar-refractivity contribution in [3.63, 3.8) is 0 Å². The number of nitrogens with zero attached hydrogens (tertiary/aromatic N) is 3. The van der Waals surface area contributed by atoms with Gasteiger partial charge < -0.3 is 4.90 Å². The maximum absolute atomic E-state index is 12.1. The fraction of sp³-hybridized carbons (Fsp3) is 0.375. The minimum atomic E-state index is -0.102. The first kappa shape index (κ1) is 17.3. The zero-order chi connectivity index (χ0) is 16.8. The van der Waals surface area contributed by atoms with Crippen LogP contribution in [0.15, 0.2) is 30.3 Å². The van der Waals surface area contributed by atoms with E-state index in [9.17, 15) is 4.79 Å². The number of aromatic nitrogens is 2. The molecule has 1 aliphatic rings. The van der Waals surface area contributed by atoms with Gasteiger partial charge in [0.25, 0.3) is 0 Å². The molecule has 2 aromatic rings. The Morgan fingerprint density at radius 2 is 1.96 bits per heavy atom. The minimum absolute atomic E-state index is 0.102.